The van der Waals surface area contributed by atoms with Gasteiger partial charge in [0.2, 0.25) is 0 Å². The molecule has 0 saturated heterocycles. The van der Waals surface area contributed by atoms with E-state index in [0.29, 0.717) is 12.1 Å². The lowest BCUT2D eigenvalue weighted by atomic mass is 10.2. The lowest BCUT2D eigenvalue weighted by molar-refractivity contribution is 0.571. The van der Waals surface area contributed by atoms with Crippen LogP contribution in [0.15, 0.2) is 29.4 Å². The van der Waals surface area contributed by atoms with Crippen molar-refractivity contribution in [2.45, 2.75) is 18.6 Å². The smallest absolute Gasteiger partial charge is 0.273 e. The van der Waals surface area contributed by atoms with Gasteiger partial charge in [0.15, 0.2) is 5.82 Å². The number of nitrogens with zero attached hydrogens (tertiary/aromatic N) is 3. The summed E-state index contributed by atoms with van der Waals surface area (Å²) in [5.74, 6) is -0.170. The standard InChI is InChI=1S/C10H11FN4O2S/c1-2-15-9(7-4-3-5-8(11)6-7)13-14-10(15)18(12,16)17/h3-6H,2H2,1H3,(H2,12,16,17). The Morgan fingerprint density at radius 2 is 2.11 bits per heavy atom. The van der Waals surface area contributed by atoms with E-state index in [9.17, 15) is 12.8 Å². The molecule has 0 amide bonds. The quantitative estimate of drug-likeness (QED) is 0.891. The molecule has 0 radical (unpaired) electrons. The van der Waals surface area contributed by atoms with E-state index in [1.165, 1.54) is 22.8 Å². The SMILES string of the molecule is CCn1c(-c2cccc(F)c2)nnc1S(N)(=O)=O. The monoisotopic (exact) mass is 270 g/mol. The van der Waals surface area contributed by atoms with Crippen molar-refractivity contribution in [1.82, 2.24) is 14.8 Å². The first-order valence-corrected chi connectivity index (χ1v) is 6.70. The van der Waals surface area contributed by atoms with Crippen LogP contribution in [-0.4, -0.2) is 23.2 Å². The molecule has 1 aromatic heterocycles. The molecular weight excluding hydrogens is 259 g/mol. The summed E-state index contributed by atoms with van der Waals surface area (Å²) >= 11 is 0. The lowest BCUT2D eigenvalue weighted by Crippen LogP contribution is -2.18. The van der Waals surface area contributed by atoms with Gasteiger partial charge in [-0.05, 0) is 19.1 Å². The fourth-order valence-electron chi connectivity index (χ4n) is 1.63. The molecular formula is C10H11FN4O2S. The molecule has 6 nitrogen and oxygen atoms in total. The fraction of sp³-hybridized carbons (Fsp3) is 0.200. The van der Waals surface area contributed by atoms with Gasteiger partial charge in [0.1, 0.15) is 5.82 Å². The average Bonchev–Trinajstić information content (AvgIpc) is 2.72. The predicted octanol–water partition coefficient (Wildman–Crippen LogP) is 0.751. The zero-order chi connectivity index (χ0) is 13.3. The number of nitrogens with two attached hydrogens (primary N) is 1. The van der Waals surface area contributed by atoms with Gasteiger partial charge in [-0.1, -0.05) is 12.1 Å². The lowest BCUT2D eigenvalue weighted by Gasteiger charge is -2.05. The van der Waals surface area contributed by atoms with E-state index in [4.69, 9.17) is 5.14 Å². The number of aromatic nitrogens is 3. The van der Waals surface area contributed by atoms with Crippen LogP contribution in [0.2, 0.25) is 0 Å². The Morgan fingerprint density at radius 3 is 2.67 bits per heavy atom. The molecule has 0 aliphatic heterocycles. The highest BCUT2D eigenvalue weighted by Gasteiger charge is 2.20. The van der Waals surface area contributed by atoms with Crippen molar-refractivity contribution >= 4 is 10.0 Å². The van der Waals surface area contributed by atoms with E-state index in [2.05, 4.69) is 10.2 Å². The molecule has 0 aliphatic carbocycles. The molecule has 2 N–H and O–H groups in total. The first-order chi connectivity index (χ1) is 8.43. The summed E-state index contributed by atoms with van der Waals surface area (Å²) < 4.78 is 37.1. The third-order valence-corrected chi connectivity index (χ3v) is 3.18. The van der Waals surface area contributed by atoms with Gasteiger partial charge in [0.25, 0.3) is 15.2 Å². The minimum Gasteiger partial charge on any atom is -0.297 e. The molecule has 0 spiro atoms. The molecule has 2 rings (SSSR count). The second-order valence-corrected chi connectivity index (χ2v) is 5.06. The third-order valence-electron chi connectivity index (χ3n) is 2.37. The largest absolute Gasteiger partial charge is 0.297 e. The summed E-state index contributed by atoms with van der Waals surface area (Å²) in [6.45, 7) is 2.03. The van der Waals surface area contributed by atoms with E-state index in [-0.39, 0.29) is 11.0 Å². The van der Waals surface area contributed by atoms with Crippen LogP contribution in [0.5, 0.6) is 0 Å². The summed E-state index contributed by atoms with van der Waals surface area (Å²) in [6.07, 6.45) is 0. The first-order valence-electron chi connectivity index (χ1n) is 5.15. The second kappa shape index (κ2) is 4.46. The topological polar surface area (TPSA) is 90.9 Å². The minimum absolute atomic E-state index is 0.265. The van der Waals surface area contributed by atoms with Crippen LogP contribution in [0.25, 0.3) is 11.4 Å². The molecule has 0 saturated carbocycles. The Morgan fingerprint density at radius 1 is 1.39 bits per heavy atom. The fourth-order valence-corrected chi connectivity index (χ4v) is 2.30. The molecule has 0 aliphatic rings. The van der Waals surface area contributed by atoms with E-state index < -0.39 is 15.8 Å². The Bertz CT molecular complexity index is 681. The number of sulfonamides is 1. The zero-order valence-electron chi connectivity index (χ0n) is 9.54. The van der Waals surface area contributed by atoms with E-state index in [1.807, 2.05) is 0 Å². The Labute approximate surface area is 103 Å². The van der Waals surface area contributed by atoms with Crippen molar-refractivity contribution in [1.29, 1.82) is 0 Å². The zero-order valence-corrected chi connectivity index (χ0v) is 10.4. The van der Waals surface area contributed by atoms with Gasteiger partial charge in [-0.15, -0.1) is 10.2 Å². The molecule has 96 valence electrons. The van der Waals surface area contributed by atoms with Crippen molar-refractivity contribution in [2.24, 2.45) is 5.14 Å². The molecule has 0 fully saturated rings. The van der Waals surface area contributed by atoms with Gasteiger partial charge in [-0.2, -0.15) is 0 Å². The molecule has 2 aromatic rings. The van der Waals surface area contributed by atoms with Crippen LogP contribution in [0, 0.1) is 5.82 Å². The van der Waals surface area contributed by atoms with Crippen LogP contribution in [0.3, 0.4) is 0 Å². The van der Waals surface area contributed by atoms with Gasteiger partial charge >= 0.3 is 0 Å². The Kier molecular flexibility index (Phi) is 3.14. The molecule has 1 aromatic carbocycles. The summed E-state index contributed by atoms with van der Waals surface area (Å²) in [4.78, 5) is 0. The van der Waals surface area contributed by atoms with E-state index in [0.717, 1.165) is 0 Å². The highest BCUT2D eigenvalue weighted by atomic mass is 32.2. The first kappa shape index (κ1) is 12.7. The molecule has 0 unspecified atom stereocenters. The van der Waals surface area contributed by atoms with Crippen molar-refractivity contribution in [3.05, 3.63) is 30.1 Å². The maximum Gasteiger partial charge on any atom is 0.273 e. The van der Waals surface area contributed by atoms with E-state index in [1.54, 1.807) is 13.0 Å². The molecule has 8 heteroatoms. The number of primary sulfonamides is 1. The minimum atomic E-state index is -3.95. The van der Waals surface area contributed by atoms with Crippen molar-refractivity contribution in [3.8, 4) is 11.4 Å². The van der Waals surface area contributed by atoms with Crippen LogP contribution in [0.4, 0.5) is 4.39 Å². The van der Waals surface area contributed by atoms with Crippen LogP contribution < -0.4 is 5.14 Å². The van der Waals surface area contributed by atoms with Crippen LogP contribution in [-0.2, 0) is 16.6 Å². The molecule has 1 heterocycles. The summed E-state index contributed by atoms with van der Waals surface area (Å²) in [5.41, 5.74) is 0.444. The number of hydrogen-bond donors (Lipinski definition) is 1. The summed E-state index contributed by atoms with van der Waals surface area (Å²) in [6, 6.07) is 5.67. The number of halogens is 1. The highest BCUT2D eigenvalue weighted by molar-refractivity contribution is 7.89. The van der Waals surface area contributed by atoms with Crippen molar-refractivity contribution in [2.75, 3.05) is 0 Å². The van der Waals surface area contributed by atoms with Gasteiger partial charge in [-0.25, -0.2) is 17.9 Å². The number of hydrogen-bond acceptors (Lipinski definition) is 4. The molecule has 0 atom stereocenters. The van der Waals surface area contributed by atoms with Gasteiger partial charge < -0.3 is 0 Å². The average molecular weight is 270 g/mol. The van der Waals surface area contributed by atoms with Crippen LogP contribution >= 0.6 is 0 Å². The third kappa shape index (κ3) is 2.24. The van der Waals surface area contributed by atoms with E-state index >= 15 is 0 Å². The predicted molar refractivity (Wildman–Crippen MR) is 62.5 cm³/mol. The Balaban J connectivity index is 2.63. The Hall–Kier alpha value is -1.80. The second-order valence-electron chi connectivity index (χ2n) is 3.61. The van der Waals surface area contributed by atoms with Gasteiger partial charge in [-0.3, -0.25) is 4.57 Å². The van der Waals surface area contributed by atoms with Crippen molar-refractivity contribution in [3.63, 3.8) is 0 Å². The molecule has 18 heavy (non-hydrogen) atoms. The summed E-state index contributed by atoms with van der Waals surface area (Å²) in [5, 5.41) is 12.0. The highest BCUT2D eigenvalue weighted by Crippen LogP contribution is 2.20. The van der Waals surface area contributed by atoms with Crippen molar-refractivity contribution < 1.29 is 12.8 Å². The van der Waals surface area contributed by atoms with Gasteiger partial charge in [0, 0.05) is 12.1 Å². The summed E-state index contributed by atoms with van der Waals surface area (Å²) in [7, 11) is -3.95. The maximum absolute atomic E-state index is 13.1. The number of rotatable bonds is 3. The van der Waals surface area contributed by atoms with Crippen LogP contribution in [0.1, 0.15) is 6.92 Å². The normalized spacial score (nSPS) is 11.7. The number of benzene rings is 1. The van der Waals surface area contributed by atoms with Gasteiger partial charge in [0.05, 0.1) is 0 Å². The maximum atomic E-state index is 13.1. The molecule has 0 bridgehead atoms.